The van der Waals surface area contributed by atoms with Gasteiger partial charge in [0, 0.05) is 32.1 Å². The number of aliphatic hydroxyl groups excluding tert-OH is 1. The molecule has 1 saturated heterocycles. The smallest absolute Gasteiger partial charge is 0.246 e. The Balaban J connectivity index is 3.18. The molecule has 0 radical (unpaired) electrons. The van der Waals surface area contributed by atoms with E-state index in [4.69, 9.17) is 0 Å². The molecule has 0 bridgehead atoms. The number of amides is 10. The van der Waals surface area contributed by atoms with Crippen LogP contribution in [0.15, 0.2) is 12.2 Å². The Morgan fingerprint density at radius 1 is 0.620 bits per heavy atom. The highest BCUT2D eigenvalue weighted by atomic mass is 16.3. The second-order valence-corrected chi connectivity index (χ2v) is 24.2. The van der Waals surface area contributed by atoms with E-state index in [0.717, 1.165) is 38.5 Å². The fourth-order valence-corrected chi connectivity index (χ4v) is 8.78. The minimum Gasteiger partial charge on any atom is -0.394 e. The van der Waals surface area contributed by atoms with E-state index in [2.05, 4.69) is 54.8 Å². The number of unbranched alkanes of at least 4 members (excludes halogenated alkanes) is 5. The highest BCUT2D eigenvalue weighted by Gasteiger charge is 2.41. The van der Waals surface area contributed by atoms with Crippen LogP contribution in [0, 0.1) is 17.8 Å². The van der Waals surface area contributed by atoms with Gasteiger partial charge in [0.15, 0.2) is 0 Å². The number of rotatable bonds is 36. The molecule has 0 aliphatic carbocycles. The summed E-state index contributed by atoms with van der Waals surface area (Å²) in [6.07, 6.45) is 11.1. The van der Waals surface area contributed by atoms with Gasteiger partial charge in [-0.25, -0.2) is 0 Å². The minimum atomic E-state index is -1.73. The van der Waals surface area contributed by atoms with Crippen LogP contribution in [0.4, 0.5) is 0 Å². The first-order valence-electron chi connectivity index (χ1n) is 28.7. The van der Waals surface area contributed by atoms with Crippen molar-refractivity contribution in [2.45, 2.75) is 233 Å². The Morgan fingerprint density at radius 3 is 1.70 bits per heavy atom. The standard InChI is InChI=1S/C57H103N11O11/c1-17-19-20-21-22-23-25-40(60-51(76)44-26-24-31-68(44)46(71)28-27-38(7)18-2)47(72)62-43(35-69)50(75)65-56(11,12)53(78)63-41(32-36(3)4)48(73)61-42(33-37(5)6)49(74)64-57(13,14)54(79)66-55(9,10)52(77)58-30-29-45(70)59-39(8)34-67(15)16/h27-28,36-44,69H,17-26,29-35H2,1-16H3,(H,58,77)(H,59,70)(H,60,76)(H,61,73)(H,62,72)(H,63,78)(H,64,74)(H,65,75)(H,66,79)/b28-27+/t38?,39?,40?,41?,42?,43?,44-/m0/s1. The Labute approximate surface area is 471 Å². The molecule has 10 amide bonds. The molecular formula is C57H103N11O11. The second kappa shape index (κ2) is 34.5. The van der Waals surface area contributed by atoms with Crippen LogP contribution in [0.2, 0.25) is 0 Å². The molecule has 22 heteroatoms. The molecule has 10 N–H and O–H groups in total. The van der Waals surface area contributed by atoms with Crippen LogP contribution in [-0.4, -0.2) is 167 Å². The normalized spacial score (nSPS) is 16.3. The topological polar surface area (TPSA) is 306 Å². The molecule has 1 aliphatic rings. The van der Waals surface area contributed by atoms with E-state index in [1.54, 1.807) is 0 Å². The van der Waals surface area contributed by atoms with Crippen molar-refractivity contribution in [2.75, 3.05) is 40.3 Å². The first-order valence-corrected chi connectivity index (χ1v) is 28.7. The number of aliphatic hydroxyl groups is 1. The summed E-state index contributed by atoms with van der Waals surface area (Å²) >= 11 is 0. The average Bonchev–Trinajstić information content (AvgIpc) is 3.84. The van der Waals surface area contributed by atoms with Crippen molar-refractivity contribution in [1.82, 2.24) is 57.7 Å². The summed E-state index contributed by atoms with van der Waals surface area (Å²) in [4.78, 5) is 140. The third kappa shape index (κ3) is 26.5. The number of likely N-dealkylation sites (N-methyl/N-ethyl adjacent to an activating group) is 1. The lowest BCUT2D eigenvalue weighted by atomic mass is 9.96. The Morgan fingerprint density at radius 2 is 1.14 bits per heavy atom. The van der Waals surface area contributed by atoms with E-state index in [0.29, 0.717) is 32.4 Å². The lowest BCUT2D eigenvalue weighted by molar-refractivity contribution is -0.139. The maximum Gasteiger partial charge on any atom is 0.246 e. The lowest BCUT2D eigenvalue weighted by Gasteiger charge is -2.33. The van der Waals surface area contributed by atoms with Crippen molar-refractivity contribution in [3.63, 3.8) is 0 Å². The zero-order chi connectivity index (χ0) is 60.4. The fourth-order valence-electron chi connectivity index (χ4n) is 8.78. The molecule has 1 aliphatic heterocycles. The van der Waals surface area contributed by atoms with Gasteiger partial charge in [0.2, 0.25) is 59.1 Å². The Bertz CT molecular complexity index is 2060. The van der Waals surface area contributed by atoms with Gasteiger partial charge in [0.05, 0.1) is 6.61 Å². The average molecular weight is 1120 g/mol. The van der Waals surface area contributed by atoms with Crippen LogP contribution in [0.3, 0.4) is 0 Å². The van der Waals surface area contributed by atoms with Crippen LogP contribution in [0.5, 0.6) is 0 Å². The number of allylic oxidation sites excluding steroid dienone is 1. The number of hydrogen-bond donors (Lipinski definition) is 10. The molecule has 0 spiro atoms. The number of hydrogen-bond acceptors (Lipinski definition) is 12. The molecule has 0 aromatic carbocycles. The van der Waals surface area contributed by atoms with Crippen LogP contribution in [0.25, 0.3) is 0 Å². The molecule has 0 aromatic rings. The predicted molar refractivity (Wildman–Crippen MR) is 305 cm³/mol. The summed E-state index contributed by atoms with van der Waals surface area (Å²) in [5, 5.41) is 34.8. The number of carbonyl (C=O) groups is 10. The van der Waals surface area contributed by atoms with E-state index in [1.165, 1.54) is 52.5 Å². The maximum absolute atomic E-state index is 14.1. The molecule has 79 heavy (non-hydrogen) atoms. The van der Waals surface area contributed by atoms with E-state index in [9.17, 15) is 53.1 Å². The quantitative estimate of drug-likeness (QED) is 0.0320. The second-order valence-electron chi connectivity index (χ2n) is 24.2. The minimum absolute atomic E-state index is 0.0222. The Hall–Kier alpha value is -5.64. The van der Waals surface area contributed by atoms with Gasteiger partial charge >= 0.3 is 0 Å². The van der Waals surface area contributed by atoms with Crippen molar-refractivity contribution < 1.29 is 53.1 Å². The van der Waals surface area contributed by atoms with Crippen LogP contribution >= 0.6 is 0 Å². The predicted octanol–water partition coefficient (Wildman–Crippen LogP) is 2.61. The molecule has 1 rings (SSSR count). The SMILES string of the molecule is CCCCCCCCC(NC(=O)[C@@H]1CCCN1C(=O)/C=C/C(C)CC)C(=O)NC(CO)C(=O)NC(C)(C)C(=O)NC(CC(C)C)C(=O)NC(CC(C)C)C(=O)NC(C)(C)C(=O)NC(C)(C)C(=O)NCCC(=O)NC(C)CN(C)C. The molecule has 0 saturated carbocycles. The summed E-state index contributed by atoms with van der Waals surface area (Å²) in [6, 6.07) is -5.93. The monoisotopic (exact) mass is 1120 g/mol. The van der Waals surface area contributed by atoms with Gasteiger partial charge in [-0.05, 0) is 118 Å². The summed E-state index contributed by atoms with van der Waals surface area (Å²) in [5.41, 5.74) is -4.78. The largest absolute Gasteiger partial charge is 0.394 e. The highest BCUT2D eigenvalue weighted by Crippen LogP contribution is 2.20. The number of carbonyl (C=O) groups excluding carboxylic acids is 10. The van der Waals surface area contributed by atoms with Crippen molar-refractivity contribution in [3.8, 4) is 0 Å². The van der Waals surface area contributed by atoms with Crippen molar-refractivity contribution in [3.05, 3.63) is 12.2 Å². The van der Waals surface area contributed by atoms with Gasteiger partial charge in [0.1, 0.15) is 46.8 Å². The summed E-state index contributed by atoms with van der Waals surface area (Å²) in [6.45, 7) is 24.2. The first-order chi connectivity index (χ1) is 36.7. The number of nitrogens with one attached hydrogen (secondary N) is 9. The van der Waals surface area contributed by atoms with Gasteiger partial charge in [-0.15, -0.1) is 0 Å². The first kappa shape index (κ1) is 71.4. The van der Waals surface area contributed by atoms with Crippen LogP contribution in [0.1, 0.15) is 180 Å². The maximum atomic E-state index is 14.1. The van der Waals surface area contributed by atoms with Crippen molar-refractivity contribution in [1.29, 1.82) is 0 Å². The van der Waals surface area contributed by atoms with Gasteiger partial charge in [0.25, 0.3) is 0 Å². The molecule has 6 unspecified atom stereocenters. The summed E-state index contributed by atoms with van der Waals surface area (Å²) < 4.78 is 0. The third-order valence-electron chi connectivity index (χ3n) is 13.7. The zero-order valence-corrected chi connectivity index (χ0v) is 50.8. The zero-order valence-electron chi connectivity index (χ0n) is 50.8. The van der Waals surface area contributed by atoms with Crippen molar-refractivity contribution >= 4 is 59.1 Å². The fraction of sp³-hybridized carbons (Fsp3) is 0.789. The molecule has 7 atom stereocenters. The van der Waals surface area contributed by atoms with Gasteiger partial charge < -0.3 is 62.8 Å². The van der Waals surface area contributed by atoms with Gasteiger partial charge in [-0.1, -0.05) is 99.5 Å². The molecule has 0 aromatic heterocycles. The van der Waals surface area contributed by atoms with Gasteiger partial charge in [-0.2, -0.15) is 0 Å². The van der Waals surface area contributed by atoms with E-state index in [-0.39, 0.29) is 67.8 Å². The van der Waals surface area contributed by atoms with Gasteiger partial charge in [-0.3, -0.25) is 47.9 Å². The molecular weight excluding hydrogens is 1010 g/mol. The summed E-state index contributed by atoms with van der Waals surface area (Å²) in [5.74, 6) is -6.22. The van der Waals surface area contributed by atoms with Crippen LogP contribution < -0.4 is 47.9 Å². The van der Waals surface area contributed by atoms with E-state index >= 15 is 0 Å². The summed E-state index contributed by atoms with van der Waals surface area (Å²) in [7, 11) is 3.78. The lowest BCUT2D eigenvalue weighted by Crippen LogP contribution is -2.65. The highest BCUT2D eigenvalue weighted by molar-refractivity contribution is 6.00. The van der Waals surface area contributed by atoms with Crippen molar-refractivity contribution in [2.24, 2.45) is 17.8 Å². The molecule has 452 valence electrons. The third-order valence-corrected chi connectivity index (χ3v) is 13.7. The van der Waals surface area contributed by atoms with E-state index < -0.39 is 101 Å². The number of likely N-dealkylation sites (tertiary alicyclic amines) is 1. The molecule has 1 fully saturated rings. The number of nitrogens with zero attached hydrogens (tertiary/aromatic N) is 2. The van der Waals surface area contributed by atoms with E-state index in [1.807, 2.05) is 73.5 Å². The Kier molecular flexibility index (Phi) is 31.2. The van der Waals surface area contributed by atoms with Crippen LogP contribution in [-0.2, 0) is 47.9 Å². The molecule has 22 nitrogen and oxygen atoms in total. The molecule has 1 heterocycles.